The van der Waals surface area contributed by atoms with Gasteiger partial charge < -0.3 is 24.4 Å². The summed E-state index contributed by atoms with van der Waals surface area (Å²) in [6, 6.07) is 10.7. The van der Waals surface area contributed by atoms with Gasteiger partial charge in [0.05, 0.1) is 38.3 Å². The molecule has 3 rings (SSSR count). The highest BCUT2D eigenvalue weighted by molar-refractivity contribution is 6.31. The van der Waals surface area contributed by atoms with Crippen molar-refractivity contribution in [3.05, 3.63) is 47.0 Å². The quantitative estimate of drug-likeness (QED) is 0.634. The minimum Gasteiger partial charge on any atom is -0.493 e. The Bertz CT molecular complexity index is 838. The number of nitrogens with zero attached hydrogens (tertiary/aromatic N) is 1. The van der Waals surface area contributed by atoms with Crippen LogP contribution >= 0.6 is 11.6 Å². The largest absolute Gasteiger partial charge is 0.493 e. The van der Waals surface area contributed by atoms with Crippen LogP contribution in [0.1, 0.15) is 30.1 Å². The minimum absolute atomic E-state index is 0.236. The first-order chi connectivity index (χ1) is 14.1. The summed E-state index contributed by atoms with van der Waals surface area (Å²) in [7, 11) is 1.57. The van der Waals surface area contributed by atoms with Gasteiger partial charge in [0.2, 0.25) is 0 Å². The first-order valence-electron chi connectivity index (χ1n) is 9.86. The van der Waals surface area contributed by atoms with E-state index in [1.807, 2.05) is 12.1 Å². The van der Waals surface area contributed by atoms with E-state index in [1.165, 1.54) is 0 Å². The van der Waals surface area contributed by atoms with E-state index in [2.05, 4.69) is 17.1 Å². The monoisotopic (exact) mass is 418 g/mol. The molecular weight excluding hydrogens is 392 g/mol. The van der Waals surface area contributed by atoms with Crippen molar-refractivity contribution in [3.8, 4) is 11.5 Å². The van der Waals surface area contributed by atoms with Crippen molar-refractivity contribution in [2.45, 2.75) is 19.8 Å². The summed E-state index contributed by atoms with van der Waals surface area (Å²) in [5, 5.41) is 3.55. The molecule has 1 aliphatic rings. The molecule has 7 heteroatoms. The number of halogens is 1. The molecule has 1 N–H and O–H groups in total. The summed E-state index contributed by atoms with van der Waals surface area (Å²) in [6.07, 6.45) is 2.01. The summed E-state index contributed by atoms with van der Waals surface area (Å²) in [5.41, 5.74) is 2.08. The van der Waals surface area contributed by atoms with E-state index >= 15 is 0 Å². The fourth-order valence-corrected chi connectivity index (χ4v) is 3.31. The van der Waals surface area contributed by atoms with Crippen LogP contribution in [0.4, 0.5) is 11.4 Å². The number of carbonyl (C=O) groups excluding carboxylic acids is 1. The van der Waals surface area contributed by atoms with Crippen molar-refractivity contribution < 1.29 is 19.0 Å². The maximum Gasteiger partial charge on any atom is 0.255 e. The second-order valence-corrected chi connectivity index (χ2v) is 7.22. The molecule has 2 aromatic carbocycles. The first kappa shape index (κ1) is 21.3. The Balaban J connectivity index is 1.78. The Morgan fingerprint density at radius 3 is 2.69 bits per heavy atom. The van der Waals surface area contributed by atoms with Crippen molar-refractivity contribution in [2.75, 3.05) is 50.2 Å². The van der Waals surface area contributed by atoms with Crippen LogP contribution in [-0.2, 0) is 4.74 Å². The number of methoxy groups -OCH3 is 1. The summed E-state index contributed by atoms with van der Waals surface area (Å²) in [4.78, 5) is 15.1. The number of unbranched alkanes of at least 4 members (excludes halogenated alkanes) is 1. The molecule has 0 saturated carbocycles. The molecule has 0 aliphatic carbocycles. The predicted octanol–water partition coefficient (Wildman–Crippen LogP) is 4.62. The second-order valence-electron chi connectivity index (χ2n) is 6.78. The number of benzene rings is 2. The third kappa shape index (κ3) is 5.55. The van der Waals surface area contributed by atoms with E-state index in [9.17, 15) is 4.79 Å². The van der Waals surface area contributed by atoms with Gasteiger partial charge >= 0.3 is 0 Å². The molecule has 0 atom stereocenters. The van der Waals surface area contributed by atoms with Crippen LogP contribution in [0.5, 0.6) is 11.5 Å². The molecule has 1 saturated heterocycles. The van der Waals surface area contributed by atoms with Crippen LogP contribution in [0.25, 0.3) is 0 Å². The zero-order valence-corrected chi connectivity index (χ0v) is 17.6. The molecule has 1 aliphatic heterocycles. The molecular formula is C22H27ClN2O4. The lowest BCUT2D eigenvalue weighted by Crippen LogP contribution is -2.36. The van der Waals surface area contributed by atoms with Gasteiger partial charge in [0.1, 0.15) is 0 Å². The summed E-state index contributed by atoms with van der Waals surface area (Å²) >= 11 is 6.18. The van der Waals surface area contributed by atoms with Gasteiger partial charge in [0.25, 0.3) is 5.91 Å². The fourth-order valence-electron chi connectivity index (χ4n) is 3.14. The average Bonchev–Trinajstić information content (AvgIpc) is 2.74. The highest BCUT2D eigenvalue weighted by Crippen LogP contribution is 2.32. The molecule has 1 fully saturated rings. The SMILES string of the molecule is CCCCOc1ccc(C(=O)Nc2cc(Cl)ccc2N2CCOCC2)cc1OC. The maximum absolute atomic E-state index is 12.9. The maximum atomic E-state index is 12.9. The van der Waals surface area contributed by atoms with Gasteiger partial charge in [-0.1, -0.05) is 24.9 Å². The number of nitrogens with one attached hydrogen (secondary N) is 1. The zero-order chi connectivity index (χ0) is 20.6. The lowest BCUT2D eigenvalue weighted by Gasteiger charge is -2.30. The summed E-state index contributed by atoms with van der Waals surface area (Å²) in [5.74, 6) is 0.933. The molecule has 2 aromatic rings. The van der Waals surface area contributed by atoms with Crippen molar-refractivity contribution in [1.29, 1.82) is 0 Å². The molecule has 0 aromatic heterocycles. The van der Waals surface area contributed by atoms with Crippen LogP contribution in [0.2, 0.25) is 5.02 Å². The Labute approximate surface area is 176 Å². The average molecular weight is 419 g/mol. The number of morpholine rings is 1. The van der Waals surface area contributed by atoms with Crippen LogP contribution in [0.3, 0.4) is 0 Å². The molecule has 0 spiro atoms. The van der Waals surface area contributed by atoms with Crippen molar-refractivity contribution >= 4 is 28.9 Å². The number of amides is 1. The molecule has 6 nitrogen and oxygen atoms in total. The van der Waals surface area contributed by atoms with E-state index in [0.717, 1.165) is 31.6 Å². The molecule has 1 amide bonds. The fraction of sp³-hybridized carbons (Fsp3) is 0.409. The Morgan fingerprint density at radius 1 is 1.17 bits per heavy atom. The van der Waals surface area contributed by atoms with Crippen LogP contribution in [0.15, 0.2) is 36.4 Å². The number of ether oxygens (including phenoxy) is 3. The lowest BCUT2D eigenvalue weighted by molar-refractivity contribution is 0.102. The van der Waals surface area contributed by atoms with Gasteiger partial charge in [0.15, 0.2) is 11.5 Å². The van der Waals surface area contributed by atoms with Gasteiger partial charge in [-0.3, -0.25) is 4.79 Å². The molecule has 0 radical (unpaired) electrons. The highest BCUT2D eigenvalue weighted by Gasteiger charge is 2.18. The standard InChI is InChI=1S/C22H27ClN2O4/c1-3-4-11-29-20-8-5-16(14-21(20)27-2)22(26)24-18-15-17(23)6-7-19(18)25-9-12-28-13-10-25/h5-8,14-15H,3-4,9-13H2,1-2H3,(H,24,26). The van der Waals surface area contributed by atoms with Crippen LogP contribution in [-0.4, -0.2) is 45.9 Å². The van der Waals surface area contributed by atoms with E-state index in [1.54, 1.807) is 31.4 Å². The van der Waals surface area contributed by atoms with Gasteiger partial charge in [-0.05, 0) is 42.8 Å². The van der Waals surface area contributed by atoms with Crippen LogP contribution < -0.4 is 19.7 Å². The summed E-state index contributed by atoms with van der Waals surface area (Å²) < 4.78 is 16.6. The first-order valence-corrected chi connectivity index (χ1v) is 10.2. The Kier molecular flexibility index (Phi) is 7.61. The van der Waals surface area contributed by atoms with Gasteiger partial charge in [-0.25, -0.2) is 0 Å². The highest BCUT2D eigenvalue weighted by atomic mass is 35.5. The van der Waals surface area contributed by atoms with Gasteiger partial charge in [0, 0.05) is 23.7 Å². The molecule has 1 heterocycles. The third-order valence-corrected chi connectivity index (χ3v) is 4.97. The second kappa shape index (κ2) is 10.4. The number of carbonyl (C=O) groups is 1. The molecule has 0 bridgehead atoms. The number of hydrogen-bond acceptors (Lipinski definition) is 5. The third-order valence-electron chi connectivity index (χ3n) is 4.74. The Hall–Kier alpha value is -2.44. The van der Waals surface area contributed by atoms with Crippen molar-refractivity contribution in [1.82, 2.24) is 0 Å². The van der Waals surface area contributed by atoms with Gasteiger partial charge in [-0.2, -0.15) is 0 Å². The van der Waals surface area contributed by atoms with Crippen LogP contribution in [0, 0.1) is 0 Å². The summed E-state index contributed by atoms with van der Waals surface area (Å²) in [6.45, 7) is 5.57. The van der Waals surface area contributed by atoms with E-state index in [0.29, 0.717) is 47.6 Å². The van der Waals surface area contributed by atoms with E-state index in [-0.39, 0.29) is 5.91 Å². The smallest absolute Gasteiger partial charge is 0.255 e. The van der Waals surface area contributed by atoms with E-state index in [4.69, 9.17) is 25.8 Å². The zero-order valence-electron chi connectivity index (χ0n) is 16.9. The number of rotatable bonds is 8. The Morgan fingerprint density at radius 2 is 1.97 bits per heavy atom. The van der Waals surface area contributed by atoms with Crippen molar-refractivity contribution in [3.63, 3.8) is 0 Å². The number of anilines is 2. The normalized spacial score (nSPS) is 13.8. The minimum atomic E-state index is -0.236. The van der Waals surface area contributed by atoms with E-state index < -0.39 is 0 Å². The molecule has 0 unspecified atom stereocenters. The molecule has 29 heavy (non-hydrogen) atoms. The number of hydrogen-bond donors (Lipinski definition) is 1. The van der Waals surface area contributed by atoms with Crippen molar-refractivity contribution in [2.24, 2.45) is 0 Å². The predicted molar refractivity (Wildman–Crippen MR) is 116 cm³/mol. The molecule has 156 valence electrons. The topological polar surface area (TPSA) is 60.0 Å². The van der Waals surface area contributed by atoms with Gasteiger partial charge in [-0.15, -0.1) is 0 Å². The lowest BCUT2D eigenvalue weighted by atomic mass is 10.1.